The van der Waals surface area contributed by atoms with Crippen molar-refractivity contribution in [1.82, 2.24) is 10.4 Å². The number of carbonyl (C=O) groups is 4. The predicted octanol–water partition coefficient (Wildman–Crippen LogP) is 1.58. The molecule has 2 heterocycles. The van der Waals surface area contributed by atoms with Gasteiger partial charge in [-0.15, -0.1) is 0 Å². The van der Waals surface area contributed by atoms with Gasteiger partial charge in [-0.05, 0) is 39.2 Å². The fourth-order valence-electron chi connectivity index (χ4n) is 7.40. The fraction of sp³-hybridized carbons (Fsp3) is 0.543. The number of amides is 1. The molecule has 1 unspecified atom stereocenters. The number of rotatable bonds is 9. The van der Waals surface area contributed by atoms with Crippen LogP contribution in [-0.2, 0) is 35.1 Å². The molecule has 2 aromatic carbocycles. The molecule has 0 saturated carbocycles. The summed E-state index contributed by atoms with van der Waals surface area (Å²) >= 11 is 0. The minimum atomic E-state index is -2.09. The van der Waals surface area contributed by atoms with E-state index in [0.29, 0.717) is 13.0 Å². The number of phenolic OH excluding ortho intramolecular Hbond substituents is 2. The zero-order valence-corrected chi connectivity index (χ0v) is 28.3. The van der Waals surface area contributed by atoms with Gasteiger partial charge in [0.1, 0.15) is 41.7 Å². The fourth-order valence-corrected chi connectivity index (χ4v) is 7.40. The molecule has 6 rings (SSSR count). The van der Waals surface area contributed by atoms with E-state index in [1.165, 1.54) is 37.5 Å². The minimum Gasteiger partial charge on any atom is -0.507 e. The molecule has 0 spiro atoms. The second-order valence-corrected chi connectivity index (χ2v) is 13.2. The lowest BCUT2D eigenvalue weighted by Gasteiger charge is -2.43. The van der Waals surface area contributed by atoms with Crippen LogP contribution in [0, 0.1) is 0 Å². The van der Waals surface area contributed by atoms with Crippen molar-refractivity contribution in [3.8, 4) is 17.2 Å². The average molecular weight is 699 g/mol. The number of ketones is 3. The normalized spacial score (nSPS) is 29.2. The number of nitrogens with zero attached hydrogens (tertiary/aromatic N) is 1. The van der Waals surface area contributed by atoms with Crippen molar-refractivity contribution < 1.29 is 63.4 Å². The Hall–Kier alpha value is -3.96. The van der Waals surface area contributed by atoms with Crippen LogP contribution in [0.25, 0.3) is 0 Å². The molecule has 4 aliphatic rings. The highest BCUT2D eigenvalue weighted by Gasteiger charge is 2.49. The number of Topliss-reactive ketones (excluding diaryl/α,β-unsaturated/α-hetero) is 1. The number of aliphatic hydroxyl groups excluding tert-OH is 1. The van der Waals surface area contributed by atoms with Crippen LogP contribution in [0.4, 0.5) is 0 Å². The Morgan fingerprint density at radius 1 is 1.08 bits per heavy atom. The van der Waals surface area contributed by atoms with E-state index in [0.717, 1.165) is 19.8 Å². The van der Waals surface area contributed by atoms with Gasteiger partial charge in [0.25, 0.3) is 0 Å². The lowest BCUT2D eigenvalue weighted by atomic mass is 9.72. The third-order valence-corrected chi connectivity index (χ3v) is 10.1. The number of phenols is 2. The molecular weight excluding hydrogens is 656 g/mol. The standard InChI is InChI=1S/C35H42N2O13/c1-16-30(40)20(36-23(39)15-37(47-4)24-10-5-6-11-48-24)12-25(49-16)50-22-14-35(45,17(2)38)13-19-27(22)34(44)29-28(32(19)42)31(41)18-8-7-9-21(46-3)26(18)33(29)43/h7-9,16,20,22,24-25,30,40,42,44-45H,5-6,10-15H2,1-4H3,(H,36,39)/t16?,20-,22+,24-,25+,30-,35+/m1/s1. The maximum Gasteiger partial charge on any atom is 0.237 e. The smallest absolute Gasteiger partial charge is 0.237 e. The summed E-state index contributed by atoms with van der Waals surface area (Å²) in [4.78, 5) is 58.9. The summed E-state index contributed by atoms with van der Waals surface area (Å²) in [6.07, 6.45) is -3.34. The molecule has 2 aliphatic carbocycles. The zero-order chi connectivity index (χ0) is 36.1. The number of hydroxylamine groups is 2. The summed E-state index contributed by atoms with van der Waals surface area (Å²) in [5.74, 6) is -3.87. The third-order valence-electron chi connectivity index (χ3n) is 10.1. The second kappa shape index (κ2) is 14.0. The quantitative estimate of drug-likeness (QED) is 0.159. The second-order valence-electron chi connectivity index (χ2n) is 13.2. The third kappa shape index (κ3) is 6.27. The van der Waals surface area contributed by atoms with E-state index in [4.69, 9.17) is 23.8 Å². The van der Waals surface area contributed by atoms with E-state index in [9.17, 15) is 39.6 Å². The monoisotopic (exact) mass is 698 g/mol. The van der Waals surface area contributed by atoms with Gasteiger partial charge in [0.2, 0.25) is 11.7 Å². The van der Waals surface area contributed by atoms with E-state index >= 15 is 0 Å². The summed E-state index contributed by atoms with van der Waals surface area (Å²) in [5.41, 5.74) is -3.38. The van der Waals surface area contributed by atoms with Crippen LogP contribution in [0.3, 0.4) is 0 Å². The maximum absolute atomic E-state index is 13.9. The van der Waals surface area contributed by atoms with Gasteiger partial charge in [-0.2, -0.15) is 5.06 Å². The number of hydrogen-bond acceptors (Lipinski definition) is 14. The molecule has 7 atom stereocenters. The van der Waals surface area contributed by atoms with Crippen molar-refractivity contribution in [2.75, 3.05) is 27.4 Å². The van der Waals surface area contributed by atoms with Gasteiger partial charge in [0, 0.05) is 42.6 Å². The van der Waals surface area contributed by atoms with Gasteiger partial charge in [0.15, 0.2) is 17.9 Å². The first-order valence-corrected chi connectivity index (χ1v) is 16.6. The van der Waals surface area contributed by atoms with E-state index < -0.39 is 101 Å². The van der Waals surface area contributed by atoms with Crippen LogP contribution in [0.15, 0.2) is 18.2 Å². The molecule has 2 fully saturated rings. The van der Waals surface area contributed by atoms with Crippen LogP contribution >= 0.6 is 0 Å². The molecular formula is C35H42N2O13. The van der Waals surface area contributed by atoms with Crippen LogP contribution < -0.4 is 10.1 Å². The molecule has 0 radical (unpaired) electrons. The number of aromatic hydroxyl groups is 2. The van der Waals surface area contributed by atoms with Gasteiger partial charge in [-0.1, -0.05) is 12.1 Å². The Morgan fingerprint density at radius 3 is 2.48 bits per heavy atom. The van der Waals surface area contributed by atoms with Gasteiger partial charge in [-0.3, -0.25) is 24.0 Å². The SMILES string of the molecule is COc1cccc2c1C(=O)c1c(O)c3c(c(O)c1C2=O)C[C@@](O)(C(C)=O)C[C@@H]3O[C@H]1C[C@@H](NC(=O)CN(OC)[C@H]2CCCCO2)[C@H](O)C(C)O1. The highest BCUT2D eigenvalue weighted by atomic mass is 16.7. The Labute approximate surface area is 288 Å². The van der Waals surface area contributed by atoms with Crippen molar-refractivity contribution >= 4 is 23.3 Å². The van der Waals surface area contributed by atoms with Crippen molar-refractivity contribution in [2.24, 2.45) is 0 Å². The highest BCUT2D eigenvalue weighted by molar-refractivity contribution is 6.31. The van der Waals surface area contributed by atoms with Crippen molar-refractivity contribution in [1.29, 1.82) is 0 Å². The largest absolute Gasteiger partial charge is 0.507 e. The van der Waals surface area contributed by atoms with Crippen LogP contribution in [-0.4, -0.2) is 112 Å². The first kappa shape index (κ1) is 35.9. The van der Waals surface area contributed by atoms with Crippen LogP contribution in [0.2, 0.25) is 0 Å². The summed E-state index contributed by atoms with van der Waals surface area (Å²) in [7, 11) is 2.77. The molecule has 2 saturated heterocycles. The minimum absolute atomic E-state index is 0.0435. The van der Waals surface area contributed by atoms with Gasteiger partial charge < -0.3 is 44.7 Å². The molecule has 15 nitrogen and oxygen atoms in total. The first-order chi connectivity index (χ1) is 23.8. The molecule has 5 N–H and O–H groups in total. The van der Waals surface area contributed by atoms with E-state index in [1.54, 1.807) is 6.92 Å². The van der Waals surface area contributed by atoms with Crippen molar-refractivity contribution in [3.63, 3.8) is 0 Å². The molecule has 0 bridgehead atoms. The van der Waals surface area contributed by atoms with Crippen molar-refractivity contribution in [3.05, 3.63) is 51.6 Å². The Bertz CT molecular complexity index is 1710. The van der Waals surface area contributed by atoms with Gasteiger partial charge in [-0.25, -0.2) is 0 Å². The van der Waals surface area contributed by atoms with Crippen LogP contribution in [0.5, 0.6) is 17.2 Å². The number of benzene rings is 2. The number of nitrogens with one attached hydrogen (secondary N) is 1. The highest BCUT2D eigenvalue weighted by Crippen LogP contribution is 2.52. The van der Waals surface area contributed by atoms with Crippen LogP contribution in [0.1, 0.15) is 95.0 Å². The summed E-state index contributed by atoms with van der Waals surface area (Å²) in [6.45, 7) is 3.11. The number of methoxy groups -OCH3 is 1. The molecule has 0 aromatic heterocycles. The molecule has 2 aliphatic heterocycles. The zero-order valence-electron chi connectivity index (χ0n) is 28.3. The van der Waals surface area contributed by atoms with Gasteiger partial charge >= 0.3 is 0 Å². The van der Waals surface area contributed by atoms with Crippen molar-refractivity contribution in [2.45, 2.75) is 94.8 Å². The lowest BCUT2D eigenvalue weighted by molar-refractivity contribution is -0.252. The molecule has 15 heteroatoms. The summed E-state index contributed by atoms with van der Waals surface area (Å²) < 4.78 is 23.3. The number of carbonyl (C=O) groups excluding carboxylic acids is 4. The van der Waals surface area contributed by atoms with E-state index in [-0.39, 0.29) is 41.0 Å². The number of aliphatic hydroxyl groups is 2. The maximum atomic E-state index is 13.9. The Balaban J connectivity index is 1.31. The molecule has 2 aromatic rings. The van der Waals surface area contributed by atoms with E-state index in [2.05, 4.69) is 5.32 Å². The molecule has 50 heavy (non-hydrogen) atoms. The number of hydrogen-bond donors (Lipinski definition) is 5. The Kier molecular flexibility index (Phi) is 10.0. The first-order valence-electron chi connectivity index (χ1n) is 16.6. The molecule has 1 amide bonds. The predicted molar refractivity (Wildman–Crippen MR) is 172 cm³/mol. The Morgan fingerprint density at radius 2 is 1.82 bits per heavy atom. The topological polar surface area (TPSA) is 211 Å². The summed E-state index contributed by atoms with van der Waals surface area (Å²) in [5, 5.41) is 50.0. The molecule has 270 valence electrons. The number of ether oxygens (including phenoxy) is 4. The van der Waals surface area contributed by atoms with Gasteiger partial charge in [0.05, 0.1) is 49.2 Å². The average Bonchev–Trinajstić information content (AvgIpc) is 3.09. The summed E-state index contributed by atoms with van der Waals surface area (Å²) in [6, 6.07) is 3.53. The van der Waals surface area contributed by atoms with E-state index in [1.807, 2.05) is 0 Å². The number of fused-ring (bicyclic) bond motifs is 3. The lowest BCUT2D eigenvalue weighted by Crippen LogP contribution is -2.57.